The summed E-state index contributed by atoms with van der Waals surface area (Å²) in [6, 6.07) is 2.21. The van der Waals surface area contributed by atoms with Crippen LogP contribution in [-0.2, 0) is 4.74 Å². The Morgan fingerprint density at radius 3 is 3.06 bits per heavy atom. The molecule has 1 N–H and O–H groups in total. The van der Waals surface area contributed by atoms with Gasteiger partial charge in [0.25, 0.3) is 0 Å². The molecular weight excluding hydrogens is 226 g/mol. The third-order valence-corrected chi connectivity index (χ3v) is 2.86. The first-order chi connectivity index (χ1) is 7.55. The Morgan fingerprint density at radius 2 is 2.38 bits per heavy atom. The van der Waals surface area contributed by atoms with Crippen molar-refractivity contribution in [2.45, 2.75) is 38.3 Å². The molecule has 0 saturated carbocycles. The van der Waals surface area contributed by atoms with Crippen molar-refractivity contribution >= 4 is 17.4 Å². The van der Waals surface area contributed by atoms with Crippen LogP contribution in [-0.4, -0.2) is 28.2 Å². The minimum atomic E-state index is -0.0628. The summed E-state index contributed by atoms with van der Waals surface area (Å²) in [5.41, 5.74) is -0.0628. The first-order valence-electron chi connectivity index (χ1n) is 5.44. The molecule has 0 bridgehead atoms. The summed E-state index contributed by atoms with van der Waals surface area (Å²) in [6.45, 7) is 4.99. The highest BCUT2D eigenvalue weighted by Crippen LogP contribution is 2.25. The predicted molar refractivity (Wildman–Crippen MR) is 63.7 cm³/mol. The van der Waals surface area contributed by atoms with Crippen LogP contribution < -0.4 is 5.32 Å². The van der Waals surface area contributed by atoms with Crippen LogP contribution in [0.5, 0.6) is 0 Å². The third-order valence-electron chi connectivity index (χ3n) is 2.68. The van der Waals surface area contributed by atoms with Crippen molar-refractivity contribution < 1.29 is 4.74 Å². The van der Waals surface area contributed by atoms with E-state index in [-0.39, 0.29) is 10.9 Å². The lowest BCUT2D eigenvalue weighted by Crippen LogP contribution is -2.40. The first-order valence-corrected chi connectivity index (χ1v) is 5.82. The smallest absolute Gasteiger partial charge is 0.224 e. The predicted octanol–water partition coefficient (Wildman–Crippen LogP) is 2.50. The van der Waals surface area contributed by atoms with Gasteiger partial charge in [0.05, 0.1) is 5.60 Å². The molecule has 0 aromatic carbocycles. The number of halogens is 1. The van der Waals surface area contributed by atoms with Crippen molar-refractivity contribution in [1.82, 2.24) is 9.97 Å². The van der Waals surface area contributed by atoms with E-state index in [1.807, 2.05) is 6.07 Å². The average molecular weight is 242 g/mol. The topological polar surface area (TPSA) is 47.0 Å². The minimum absolute atomic E-state index is 0.0628. The van der Waals surface area contributed by atoms with Gasteiger partial charge in [-0.15, -0.1) is 0 Å². The normalized spacial score (nSPS) is 24.1. The molecule has 4 nitrogen and oxygen atoms in total. The number of rotatable bonds is 2. The molecule has 2 rings (SSSR count). The van der Waals surface area contributed by atoms with Crippen LogP contribution >= 0.6 is 11.6 Å². The van der Waals surface area contributed by atoms with Gasteiger partial charge in [-0.25, -0.2) is 9.97 Å². The van der Waals surface area contributed by atoms with E-state index in [1.165, 1.54) is 0 Å². The molecule has 0 radical (unpaired) electrons. The molecule has 0 aliphatic carbocycles. The summed E-state index contributed by atoms with van der Waals surface area (Å²) >= 11 is 5.73. The van der Waals surface area contributed by atoms with Gasteiger partial charge in [0.1, 0.15) is 5.82 Å². The summed E-state index contributed by atoms with van der Waals surface area (Å²) in [4.78, 5) is 7.97. The maximum absolute atomic E-state index is 5.73. The van der Waals surface area contributed by atoms with Gasteiger partial charge < -0.3 is 10.1 Å². The summed E-state index contributed by atoms with van der Waals surface area (Å²) in [7, 11) is 0. The van der Waals surface area contributed by atoms with Gasteiger partial charge in [0.2, 0.25) is 5.28 Å². The fourth-order valence-corrected chi connectivity index (χ4v) is 2.13. The average Bonchev–Trinajstić information content (AvgIpc) is 2.15. The Morgan fingerprint density at radius 1 is 1.56 bits per heavy atom. The van der Waals surface area contributed by atoms with E-state index >= 15 is 0 Å². The van der Waals surface area contributed by atoms with E-state index in [1.54, 1.807) is 6.20 Å². The zero-order chi connectivity index (χ0) is 11.6. The van der Waals surface area contributed by atoms with E-state index < -0.39 is 0 Å². The van der Waals surface area contributed by atoms with Crippen molar-refractivity contribution in [2.75, 3.05) is 11.9 Å². The number of nitrogens with zero attached hydrogens (tertiary/aromatic N) is 2. The van der Waals surface area contributed by atoms with Gasteiger partial charge in [-0.2, -0.15) is 0 Å². The second-order valence-electron chi connectivity index (χ2n) is 4.65. The number of hydrogen-bond donors (Lipinski definition) is 1. The molecule has 0 amide bonds. The summed E-state index contributed by atoms with van der Waals surface area (Å²) in [6.07, 6.45) is 3.61. The lowest BCUT2D eigenvalue weighted by atomic mass is 9.94. The van der Waals surface area contributed by atoms with Crippen LogP contribution in [0.4, 0.5) is 5.82 Å². The molecule has 1 saturated heterocycles. The van der Waals surface area contributed by atoms with Crippen molar-refractivity contribution in [2.24, 2.45) is 0 Å². The van der Waals surface area contributed by atoms with Gasteiger partial charge in [-0.05, 0) is 44.4 Å². The molecule has 1 aromatic heterocycles. The SMILES string of the molecule is CC1(C)CC(Nc2ccnc(Cl)n2)CCO1. The Hall–Kier alpha value is -0.870. The largest absolute Gasteiger partial charge is 0.375 e. The van der Waals surface area contributed by atoms with Gasteiger partial charge in [0.15, 0.2) is 0 Å². The van der Waals surface area contributed by atoms with Gasteiger partial charge >= 0.3 is 0 Å². The van der Waals surface area contributed by atoms with Gasteiger partial charge in [-0.3, -0.25) is 0 Å². The molecule has 1 fully saturated rings. The van der Waals surface area contributed by atoms with Gasteiger partial charge in [-0.1, -0.05) is 0 Å². The number of aromatic nitrogens is 2. The molecule has 1 atom stereocenters. The Kier molecular flexibility index (Phi) is 3.30. The molecule has 1 unspecified atom stereocenters. The molecule has 0 spiro atoms. The van der Waals surface area contributed by atoms with E-state index in [0.29, 0.717) is 6.04 Å². The maximum Gasteiger partial charge on any atom is 0.224 e. The molecule has 5 heteroatoms. The highest BCUT2D eigenvalue weighted by Gasteiger charge is 2.28. The maximum atomic E-state index is 5.73. The van der Waals surface area contributed by atoms with E-state index in [9.17, 15) is 0 Å². The lowest BCUT2D eigenvalue weighted by molar-refractivity contribution is -0.0553. The van der Waals surface area contributed by atoms with E-state index in [0.717, 1.165) is 25.3 Å². The van der Waals surface area contributed by atoms with Crippen LogP contribution in [0.2, 0.25) is 5.28 Å². The van der Waals surface area contributed by atoms with Crippen LogP contribution in [0, 0.1) is 0 Å². The quantitative estimate of drug-likeness (QED) is 0.809. The second-order valence-corrected chi connectivity index (χ2v) is 4.99. The zero-order valence-corrected chi connectivity index (χ0v) is 10.3. The van der Waals surface area contributed by atoms with E-state index in [2.05, 4.69) is 29.1 Å². The standard InChI is InChI=1S/C11H16ClN3O/c1-11(2)7-8(4-6-16-11)14-9-3-5-13-10(12)15-9/h3,5,8H,4,6-7H2,1-2H3,(H,13,14,15). The monoisotopic (exact) mass is 241 g/mol. The zero-order valence-electron chi connectivity index (χ0n) is 9.53. The van der Waals surface area contributed by atoms with Crippen LogP contribution in [0.25, 0.3) is 0 Å². The second kappa shape index (κ2) is 4.55. The number of nitrogens with one attached hydrogen (secondary N) is 1. The molecular formula is C11H16ClN3O. The highest BCUT2D eigenvalue weighted by molar-refractivity contribution is 6.28. The molecule has 1 aliphatic rings. The number of hydrogen-bond acceptors (Lipinski definition) is 4. The van der Waals surface area contributed by atoms with Crippen molar-refractivity contribution in [3.63, 3.8) is 0 Å². The summed E-state index contributed by atoms with van der Waals surface area (Å²) in [5.74, 6) is 0.780. The molecule has 1 aliphatic heterocycles. The Bertz CT molecular complexity index is 370. The van der Waals surface area contributed by atoms with Crippen molar-refractivity contribution in [3.8, 4) is 0 Å². The number of anilines is 1. The van der Waals surface area contributed by atoms with Crippen molar-refractivity contribution in [3.05, 3.63) is 17.5 Å². The van der Waals surface area contributed by atoms with E-state index in [4.69, 9.17) is 16.3 Å². The fourth-order valence-electron chi connectivity index (χ4n) is 1.98. The highest BCUT2D eigenvalue weighted by atomic mass is 35.5. The van der Waals surface area contributed by atoms with Crippen LogP contribution in [0.1, 0.15) is 26.7 Å². The van der Waals surface area contributed by atoms with Crippen LogP contribution in [0.15, 0.2) is 12.3 Å². The third kappa shape index (κ3) is 3.06. The molecule has 1 aromatic rings. The number of ether oxygens (including phenoxy) is 1. The summed E-state index contributed by atoms with van der Waals surface area (Å²) in [5, 5.41) is 3.64. The lowest BCUT2D eigenvalue weighted by Gasteiger charge is -2.36. The minimum Gasteiger partial charge on any atom is -0.375 e. The van der Waals surface area contributed by atoms with Gasteiger partial charge in [0, 0.05) is 18.8 Å². The molecule has 16 heavy (non-hydrogen) atoms. The van der Waals surface area contributed by atoms with Crippen molar-refractivity contribution in [1.29, 1.82) is 0 Å². The first kappa shape index (κ1) is 11.6. The molecule has 88 valence electrons. The fraction of sp³-hybridized carbons (Fsp3) is 0.636. The Labute approximate surface area is 100 Å². The molecule has 2 heterocycles. The Balaban J connectivity index is 1.99. The van der Waals surface area contributed by atoms with Crippen LogP contribution in [0.3, 0.4) is 0 Å². The summed E-state index contributed by atoms with van der Waals surface area (Å²) < 4.78 is 5.66.